The van der Waals surface area contributed by atoms with Gasteiger partial charge in [-0.3, -0.25) is 14.6 Å². The van der Waals surface area contributed by atoms with Gasteiger partial charge in [0.15, 0.2) is 0 Å². The molecule has 1 fully saturated rings. The van der Waals surface area contributed by atoms with Gasteiger partial charge < -0.3 is 15.7 Å². The molecule has 0 atom stereocenters. The van der Waals surface area contributed by atoms with Crippen LogP contribution in [-0.4, -0.2) is 40.6 Å². The normalized spacial score (nSPS) is 15.2. The second-order valence-electron chi connectivity index (χ2n) is 7.30. The first-order valence-electron chi connectivity index (χ1n) is 9.86. The van der Waals surface area contributed by atoms with Crippen LogP contribution >= 0.6 is 0 Å². The summed E-state index contributed by atoms with van der Waals surface area (Å²) in [5.41, 5.74) is 2.01. The largest absolute Gasteiger partial charge is 0.390 e. The third-order valence-electron chi connectivity index (χ3n) is 5.21. The van der Waals surface area contributed by atoms with Crippen LogP contribution in [0, 0.1) is 0 Å². The number of aliphatic hydroxyl groups is 1. The quantitative estimate of drug-likeness (QED) is 0.688. The first-order chi connectivity index (χ1) is 13.5. The SMILES string of the molecule is CCNC(=O)c1ccnc(-c2ccc(C(=O)NCCC3(O)CCCC3)cc2)c1. The zero-order valence-corrected chi connectivity index (χ0v) is 16.2. The Hall–Kier alpha value is -2.73. The molecule has 28 heavy (non-hydrogen) atoms. The summed E-state index contributed by atoms with van der Waals surface area (Å²) >= 11 is 0. The maximum Gasteiger partial charge on any atom is 0.251 e. The average Bonchev–Trinajstić information content (AvgIpc) is 3.15. The molecule has 2 amide bonds. The number of hydrogen-bond donors (Lipinski definition) is 3. The zero-order valence-electron chi connectivity index (χ0n) is 16.2. The van der Waals surface area contributed by atoms with Crippen LogP contribution in [0.1, 0.15) is 59.7 Å². The predicted molar refractivity (Wildman–Crippen MR) is 108 cm³/mol. The van der Waals surface area contributed by atoms with Gasteiger partial charge in [-0.25, -0.2) is 0 Å². The third kappa shape index (κ3) is 4.95. The molecule has 6 heteroatoms. The van der Waals surface area contributed by atoms with Crippen LogP contribution in [0.2, 0.25) is 0 Å². The summed E-state index contributed by atoms with van der Waals surface area (Å²) in [5, 5.41) is 16.0. The molecule has 0 radical (unpaired) electrons. The predicted octanol–water partition coefficient (Wildman–Crippen LogP) is 2.92. The number of nitrogens with one attached hydrogen (secondary N) is 2. The average molecular weight is 381 g/mol. The van der Waals surface area contributed by atoms with Gasteiger partial charge in [0.05, 0.1) is 11.3 Å². The molecule has 0 spiro atoms. The van der Waals surface area contributed by atoms with E-state index in [1.807, 2.05) is 19.1 Å². The lowest BCUT2D eigenvalue weighted by atomic mass is 9.98. The molecular weight excluding hydrogens is 354 g/mol. The highest BCUT2D eigenvalue weighted by molar-refractivity contribution is 5.96. The maximum atomic E-state index is 12.3. The van der Waals surface area contributed by atoms with E-state index in [4.69, 9.17) is 0 Å². The van der Waals surface area contributed by atoms with Crippen LogP contribution in [0.3, 0.4) is 0 Å². The van der Waals surface area contributed by atoms with Crippen LogP contribution in [-0.2, 0) is 0 Å². The summed E-state index contributed by atoms with van der Waals surface area (Å²) in [4.78, 5) is 28.6. The molecule has 1 aromatic carbocycles. The molecule has 1 aliphatic rings. The maximum absolute atomic E-state index is 12.3. The van der Waals surface area contributed by atoms with Crippen molar-refractivity contribution in [1.29, 1.82) is 0 Å². The monoisotopic (exact) mass is 381 g/mol. The van der Waals surface area contributed by atoms with Crippen molar-refractivity contribution < 1.29 is 14.7 Å². The molecule has 6 nitrogen and oxygen atoms in total. The topological polar surface area (TPSA) is 91.3 Å². The zero-order chi connectivity index (χ0) is 20.0. The number of carbonyl (C=O) groups excluding carboxylic acids is 2. The van der Waals surface area contributed by atoms with Crippen LogP contribution in [0.4, 0.5) is 0 Å². The molecule has 2 aromatic rings. The van der Waals surface area contributed by atoms with Crippen molar-refractivity contribution in [1.82, 2.24) is 15.6 Å². The fraction of sp³-hybridized carbons (Fsp3) is 0.409. The molecule has 3 N–H and O–H groups in total. The molecular formula is C22H27N3O3. The third-order valence-corrected chi connectivity index (χ3v) is 5.21. The van der Waals surface area contributed by atoms with Crippen LogP contribution in [0.25, 0.3) is 11.3 Å². The number of aromatic nitrogens is 1. The van der Waals surface area contributed by atoms with E-state index in [-0.39, 0.29) is 11.8 Å². The summed E-state index contributed by atoms with van der Waals surface area (Å²) in [6.45, 7) is 2.91. The Balaban J connectivity index is 1.60. The van der Waals surface area contributed by atoms with E-state index in [2.05, 4.69) is 15.6 Å². The highest BCUT2D eigenvalue weighted by atomic mass is 16.3. The molecule has 1 aliphatic carbocycles. The Kier molecular flexibility index (Phi) is 6.41. The molecule has 0 saturated heterocycles. The van der Waals surface area contributed by atoms with Gasteiger partial charge in [0.2, 0.25) is 0 Å². The van der Waals surface area contributed by atoms with Gasteiger partial charge in [-0.2, -0.15) is 0 Å². The van der Waals surface area contributed by atoms with Gasteiger partial charge in [0.25, 0.3) is 11.8 Å². The highest BCUT2D eigenvalue weighted by Gasteiger charge is 2.30. The first kappa shape index (κ1) is 20.0. The van der Waals surface area contributed by atoms with Crippen molar-refractivity contribution in [3.63, 3.8) is 0 Å². The molecule has 0 bridgehead atoms. The minimum absolute atomic E-state index is 0.133. The van der Waals surface area contributed by atoms with Gasteiger partial charge >= 0.3 is 0 Å². The van der Waals surface area contributed by atoms with Gasteiger partial charge in [-0.1, -0.05) is 25.0 Å². The van der Waals surface area contributed by atoms with E-state index < -0.39 is 5.60 Å². The van der Waals surface area contributed by atoms with Crippen molar-refractivity contribution in [3.8, 4) is 11.3 Å². The van der Waals surface area contributed by atoms with Gasteiger partial charge in [0.1, 0.15) is 0 Å². The lowest BCUT2D eigenvalue weighted by molar-refractivity contribution is 0.0389. The van der Waals surface area contributed by atoms with E-state index in [9.17, 15) is 14.7 Å². The highest BCUT2D eigenvalue weighted by Crippen LogP contribution is 2.31. The van der Waals surface area contributed by atoms with Gasteiger partial charge in [0, 0.05) is 36.0 Å². The molecule has 148 valence electrons. The molecule has 0 unspecified atom stereocenters. The summed E-state index contributed by atoms with van der Waals surface area (Å²) in [6, 6.07) is 10.5. The Morgan fingerprint density at radius 2 is 1.71 bits per heavy atom. The standard InChI is InChI=1S/C22H27N3O3/c1-2-23-21(27)18-9-13-24-19(15-18)16-5-7-17(8-6-16)20(26)25-14-12-22(28)10-3-4-11-22/h5-9,13,15,28H,2-4,10-12,14H2,1H3,(H,23,27)(H,25,26). The number of carbonyl (C=O) groups is 2. The fourth-order valence-electron chi connectivity index (χ4n) is 3.58. The van der Waals surface area contributed by atoms with E-state index in [1.165, 1.54) is 0 Å². The summed E-state index contributed by atoms with van der Waals surface area (Å²) < 4.78 is 0. The lowest BCUT2D eigenvalue weighted by Gasteiger charge is -2.21. The molecule has 1 saturated carbocycles. The number of nitrogens with zero attached hydrogens (tertiary/aromatic N) is 1. The summed E-state index contributed by atoms with van der Waals surface area (Å²) in [6.07, 6.45) is 5.95. The van der Waals surface area contributed by atoms with E-state index in [1.54, 1.807) is 30.5 Å². The minimum Gasteiger partial charge on any atom is -0.390 e. The molecule has 3 rings (SSSR count). The Labute approximate surface area is 165 Å². The number of amides is 2. The Morgan fingerprint density at radius 3 is 2.39 bits per heavy atom. The molecule has 1 aromatic heterocycles. The van der Waals surface area contributed by atoms with Crippen molar-refractivity contribution in [2.45, 2.75) is 44.6 Å². The molecule has 0 aliphatic heterocycles. The van der Waals surface area contributed by atoms with Crippen molar-refractivity contribution >= 4 is 11.8 Å². The van der Waals surface area contributed by atoms with E-state index in [0.717, 1.165) is 31.2 Å². The van der Waals surface area contributed by atoms with Crippen LogP contribution in [0.15, 0.2) is 42.6 Å². The van der Waals surface area contributed by atoms with E-state index >= 15 is 0 Å². The second-order valence-corrected chi connectivity index (χ2v) is 7.30. The van der Waals surface area contributed by atoms with Crippen molar-refractivity contribution in [2.75, 3.05) is 13.1 Å². The number of pyridine rings is 1. The first-order valence-corrected chi connectivity index (χ1v) is 9.86. The van der Waals surface area contributed by atoms with Crippen LogP contribution < -0.4 is 10.6 Å². The number of benzene rings is 1. The fourth-order valence-corrected chi connectivity index (χ4v) is 3.58. The van der Waals surface area contributed by atoms with Gasteiger partial charge in [-0.05, 0) is 50.5 Å². The van der Waals surface area contributed by atoms with Crippen molar-refractivity contribution in [3.05, 3.63) is 53.7 Å². The molecule has 1 heterocycles. The Bertz CT molecular complexity index is 827. The van der Waals surface area contributed by atoms with Crippen molar-refractivity contribution in [2.24, 2.45) is 0 Å². The minimum atomic E-state index is -0.613. The summed E-state index contributed by atoms with van der Waals surface area (Å²) in [5.74, 6) is -0.289. The smallest absolute Gasteiger partial charge is 0.251 e. The van der Waals surface area contributed by atoms with Crippen LogP contribution in [0.5, 0.6) is 0 Å². The Morgan fingerprint density at radius 1 is 1.04 bits per heavy atom. The number of rotatable bonds is 7. The lowest BCUT2D eigenvalue weighted by Crippen LogP contribution is -2.32. The van der Waals surface area contributed by atoms with E-state index in [0.29, 0.717) is 36.3 Å². The number of hydrogen-bond acceptors (Lipinski definition) is 4. The second kappa shape index (κ2) is 8.97. The van der Waals surface area contributed by atoms with Gasteiger partial charge in [-0.15, -0.1) is 0 Å². The summed E-state index contributed by atoms with van der Waals surface area (Å²) in [7, 11) is 0.